The Balaban J connectivity index is 2.23. The molecule has 1 rings (SSSR count). The van der Waals surface area contributed by atoms with Crippen LogP contribution in [-0.2, 0) is 4.74 Å². The Labute approximate surface area is 117 Å². The Bertz CT molecular complexity index is 284. The van der Waals surface area contributed by atoms with Crippen molar-refractivity contribution in [2.45, 2.75) is 65.5 Å². The first-order chi connectivity index (χ1) is 8.78. The van der Waals surface area contributed by atoms with Gasteiger partial charge in [0.05, 0.1) is 0 Å². The number of hydrogen-bond acceptors (Lipinski definition) is 3. The lowest BCUT2D eigenvalue weighted by Crippen LogP contribution is -2.35. The van der Waals surface area contributed by atoms with Crippen LogP contribution in [0.3, 0.4) is 0 Å². The van der Waals surface area contributed by atoms with Crippen molar-refractivity contribution in [1.29, 1.82) is 0 Å². The molecule has 19 heavy (non-hydrogen) atoms. The van der Waals surface area contributed by atoms with Crippen LogP contribution in [0.4, 0.5) is 4.79 Å². The van der Waals surface area contributed by atoms with Gasteiger partial charge in [0.15, 0.2) is 0 Å². The average Bonchev–Trinajstić information content (AvgIpc) is 2.62. The Kier molecular flexibility index (Phi) is 6.11. The van der Waals surface area contributed by atoms with Crippen molar-refractivity contribution in [3.8, 4) is 0 Å². The van der Waals surface area contributed by atoms with Crippen molar-refractivity contribution in [1.82, 2.24) is 10.6 Å². The highest BCUT2D eigenvalue weighted by Crippen LogP contribution is 2.24. The van der Waals surface area contributed by atoms with E-state index < -0.39 is 5.60 Å². The summed E-state index contributed by atoms with van der Waals surface area (Å²) in [5.74, 6) is 1.40. The molecular formula is C15H30N2O2. The minimum Gasteiger partial charge on any atom is -0.444 e. The minimum absolute atomic E-state index is 0.307. The molecule has 4 heteroatoms. The highest BCUT2D eigenvalue weighted by molar-refractivity contribution is 5.67. The summed E-state index contributed by atoms with van der Waals surface area (Å²) in [5, 5.41) is 6.42. The number of carbonyl (C=O) groups excluding carboxylic acids is 1. The lowest BCUT2D eigenvalue weighted by atomic mass is 9.91. The van der Waals surface area contributed by atoms with Crippen molar-refractivity contribution in [3.63, 3.8) is 0 Å². The van der Waals surface area contributed by atoms with Gasteiger partial charge in [0.25, 0.3) is 0 Å². The van der Waals surface area contributed by atoms with E-state index in [1.165, 1.54) is 12.8 Å². The van der Waals surface area contributed by atoms with E-state index in [0.29, 0.717) is 18.5 Å². The zero-order chi connectivity index (χ0) is 14.5. The minimum atomic E-state index is -0.417. The number of hydrogen-bond donors (Lipinski definition) is 2. The van der Waals surface area contributed by atoms with Crippen LogP contribution in [-0.4, -0.2) is 30.8 Å². The normalized spacial score (nSPS) is 23.7. The number of carbonyl (C=O) groups is 1. The molecule has 1 amide bonds. The lowest BCUT2D eigenvalue weighted by Gasteiger charge is -2.22. The van der Waals surface area contributed by atoms with Crippen LogP contribution in [0, 0.1) is 11.8 Å². The molecule has 1 heterocycles. The molecule has 4 nitrogen and oxygen atoms in total. The number of amides is 1. The molecule has 0 aromatic carbocycles. The first-order valence-corrected chi connectivity index (χ1v) is 7.48. The first-order valence-electron chi connectivity index (χ1n) is 7.48. The Morgan fingerprint density at radius 3 is 2.68 bits per heavy atom. The van der Waals surface area contributed by atoms with Gasteiger partial charge in [-0.05, 0) is 58.4 Å². The van der Waals surface area contributed by atoms with Gasteiger partial charge in [-0.25, -0.2) is 4.79 Å². The maximum absolute atomic E-state index is 11.5. The lowest BCUT2D eigenvalue weighted by molar-refractivity contribution is 0.0524. The smallest absolute Gasteiger partial charge is 0.407 e. The molecule has 0 aliphatic carbocycles. The zero-order valence-corrected chi connectivity index (χ0v) is 13.1. The fourth-order valence-electron chi connectivity index (χ4n) is 2.62. The van der Waals surface area contributed by atoms with Crippen molar-refractivity contribution in [2.24, 2.45) is 11.8 Å². The highest BCUT2D eigenvalue weighted by Gasteiger charge is 2.27. The summed E-state index contributed by atoms with van der Waals surface area (Å²) in [5.41, 5.74) is -0.417. The summed E-state index contributed by atoms with van der Waals surface area (Å²) >= 11 is 0. The van der Waals surface area contributed by atoms with E-state index in [2.05, 4.69) is 24.5 Å². The Morgan fingerprint density at radius 2 is 2.11 bits per heavy atom. The molecule has 0 aromatic heterocycles. The molecule has 2 atom stereocenters. The van der Waals surface area contributed by atoms with E-state index in [9.17, 15) is 4.79 Å². The van der Waals surface area contributed by atoms with Crippen LogP contribution in [0.2, 0.25) is 0 Å². The number of ether oxygens (including phenoxy) is 1. The quantitative estimate of drug-likeness (QED) is 0.807. The Hall–Kier alpha value is -0.770. The van der Waals surface area contributed by atoms with Gasteiger partial charge in [0, 0.05) is 12.6 Å². The topological polar surface area (TPSA) is 50.4 Å². The fourth-order valence-corrected chi connectivity index (χ4v) is 2.62. The van der Waals surface area contributed by atoms with E-state index in [-0.39, 0.29) is 6.09 Å². The van der Waals surface area contributed by atoms with Gasteiger partial charge in [-0.3, -0.25) is 0 Å². The third-order valence-corrected chi connectivity index (χ3v) is 3.40. The van der Waals surface area contributed by atoms with Crippen LogP contribution < -0.4 is 10.6 Å². The van der Waals surface area contributed by atoms with E-state index >= 15 is 0 Å². The van der Waals surface area contributed by atoms with E-state index in [0.717, 1.165) is 18.9 Å². The van der Waals surface area contributed by atoms with Crippen molar-refractivity contribution in [3.05, 3.63) is 0 Å². The van der Waals surface area contributed by atoms with Gasteiger partial charge < -0.3 is 15.4 Å². The molecular weight excluding hydrogens is 240 g/mol. The molecule has 0 aromatic rings. The standard InChI is InChI=1S/C15H30N2O2/c1-11(2)10-13-12(6-8-16-13)7-9-17-14(18)19-15(3,4)5/h11-13,16H,6-10H2,1-5H3,(H,17,18). The first kappa shape index (κ1) is 16.3. The van der Waals surface area contributed by atoms with E-state index in [4.69, 9.17) is 4.74 Å². The van der Waals surface area contributed by atoms with Crippen molar-refractivity contribution < 1.29 is 9.53 Å². The summed E-state index contributed by atoms with van der Waals surface area (Å²) in [6.45, 7) is 12.0. The van der Waals surface area contributed by atoms with Gasteiger partial charge in [-0.15, -0.1) is 0 Å². The predicted molar refractivity (Wildman–Crippen MR) is 78.2 cm³/mol. The summed E-state index contributed by atoms with van der Waals surface area (Å²) in [4.78, 5) is 11.5. The molecule has 2 unspecified atom stereocenters. The second-order valence-electron chi connectivity index (χ2n) is 6.96. The third-order valence-electron chi connectivity index (χ3n) is 3.40. The van der Waals surface area contributed by atoms with Gasteiger partial charge >= 0.3 is 6.09 Å². The van der Waals surface area contributed by atoms with Gasteiger partial charge in [0.2, 0.25) is 0 Å². The zero-order valence-electron chi connectivity index (χ0n) is 13.1. The number of rotatable bonds is 5. The molecule has 0 bridgehead atoms. The maximum atomic E-state index is 11.5. The van der Waals surface area contributed by atoms with Gasteiger partial charge in [0.1, 0.15) is 5.60 Å². The van der Waals surface area contributed by atoms with E-state index in [1.54, 1.807) is 0 Å². The van der Waals surface area contributed by atoms with Crippen LogP contribution in [0.5, 0.6) is 0 Å². The second-order valence-corrected chi connectivity index (χ2v) is 6.96. The highest BCUT2D eigenvalue weighted by atomic mass is 16.6. The molecule has 1 saturated heterocycles. The van der Waals surface area contributed by atoms with Crippen LogP contribution in [0.1, 0.15) is 53.9 Å². The number of nitrogens with one attached hydrogen (secondary N) is 2. The third kappa shape index (κ3) is 6.81. The van der Waals surface area contributed by atoms with Gasteiger partial charge in [-0.2, -0.15) is 0 Å². The van der Waals surface area contributed by atoms with Crippen LogP contribution >= 0.6 is 0 Å². The fraction of sp³-hybridized carbons (Fsp3) is 0.933. The van der Waals surface area contributed by atoms with Crippen molar-refractivity contribution in [2.75, 3.05) is 13.1 Å². The largest absolute Gasteiger partial charge is 0.444 e. The molecule has 1 fully saturated rings. The SMILES string of the molecule is CC(C)CC1NCCC1CCNC(=O)OC(C)(C)C. The summed E-state index contributed by atoms with van der Waals surface area (Å²) < 4.78 is 5.23. The second kappa shape index (κ2) is 7.13. The Morgan fingerprint density at radius 1 is 1.42 bits per heavy atom. The monoisotopic (exact) mass is 270 g/mol. The maximum Gasteiger partial charge on any atom is 0.407 e. The molecule has 2 N–H and O–H groups in total. The molecule has 1 aliphatic rings. The van der Waals surface area contributed by atoms with Crippen LogP contribution in [0.25, 0.3) is 0 Å². The summed E-state index contributed by atoms with van der Waals surface area (Å²) in [6.07, 6.45) is 3.16. The summed E-state index contributed by atoms with van der Waals surface area (Å²) in [6, 6.07) is 0.612. The van der Waals surface area contributed by atoms with Crippen molar-refractivity contribution >= 4 is 6.09 Å². The summed E-state index contributed by atoms with van der Waals surface area (Å²) in [7, 11) is 0. The molecule has 0 spiro atoms. The molecule has 112 valence electrons. The molecule has 0 saturated carbocycles. The average molecular weight is 270 g/mol. The predicted octanol–water partition coefficient (Wildman–Crippen LogP) is 2.93. The van der Waals surface area contributed by atoms with Crippen LogP contribution in [0.15, 0.2) is 0 Å². The van der Waals surface area contributed by atoms with E-state index in [1.807, 2.05) is 20.8 Å². The molecule has 0 radical (unpaired) electrons. The van der Waals surface area contributed by atoms with Gasteiger partial charge in [-0.1, -0.05) is 13.8 Å². The number of alkyl carbamates (subject to hydrolysis) is 1. The molecule has 1 aliphatic heterocycles.